The Labute approximate surface area is 152 Å². The van der Waals surface area contributed by atoms with E-state index in [0.29, 0.717) is 24.6 Å². The van der Waals surface area contributed by atoms with Gasteiger partial charge in [-0.05, 0) is 45.5 Å². The third-order valence-corrected chi connectivity index (χ3v) is 4.78. The molecule has 1 atom stereocenters. The molecule has 0 bridgehead atoms. The van der Waals surface area contributed by atoms with Gasteiger partial charge in [0.2, 0.25) is 4.77 Å². The van der Waals surface area contributed by atoms with Crippen molar-refractivity contribution in [1.82, 2.24) is 19.7 Å². The number of carbonyl (C=O) groups excluding carboxylic acids is 1. The fourth-order valence-electron chi connectivity index (χ4n) is 3.13. The van der Waals surface area contributed by atoms with E-state index in [2.05, 4.69) is 34.0 Å². The number of ether oxygens (including phenoxy) is 1. The fourth-order valence-corrected chi connectivity index (χ4v) is 3.32. The number of aromatic amines is 1. The highest BCUT2D eigenvalue weighted by molar-refractivity contribution is 7.71. The second kappa shape index (κ2) is 7.93. The zero-order chi connectivity index (χ0) is 17.8. The van der Waals surface area contributed by atoms with Gasteiger partial charge in [-0.1, -0.05) is 29.8 Å². The Hall–Kier alpha value is -1.99. The SMILES string of the molecule is CCOC(=O)C1CCCN(Cn2[nH]c(-c3ccc(C)cc3)nc2=S)C1. The Morgan fingerprint density at radius 3 is 2.88 bits per heavy atom. The van der Waals surface area contributed by atoms with Crippen LogP contribution in [0.4, 0.5) is 0 Å². The summed E-state index contributed by atoms with van der Waals surface area (Å²) in [7, 11) is 0. The first-order valence-electron chi connectivity index (χ1n) is 8.69. The minimum absolute atomic E-state index is 0.0534. The van der Waals surface area contributed by atoms with Gasteiger partial charge in [-0.2, -0.15) is 4.98 Å². The molecule has 1 saturated heterocycles. The predicted octanol–water partition coefficient (Wildman–Crippen LogP) is 3.15. The largest absolute Gasteiger partial charge is 0.466 e. The predicted molar refractivity (Wildman–Crippen MR) is 98.5 cm³/mol. The number of nitrogens with zero attached hydrogens (tertiary/aromatic N) is 3. The van der Waals surface area contributed by atoms with E-state index >= 15 is 0 Å². The zero-order valence-electron chi connectivity index (χ0n) is 14.7. The monoisotopic (exact) mass is 360 g/mol. The van der Waals surface area contributed by atoms with Gasteiger partial charge in [0.05, 0.1) is 19.2 Å². The minimum atomic E-state index is -0.0965. The Kier molecular flexibility index (Phi) is 5.65. The van der Waals surface area contributed by atoms with Crippen molar-refractivity contribution in [2.75, 3.05) is 19.7 Å². The average molecular weight is 360 g/mol. The highest BCUT2D eigenvalue weighted by atomic mass is 32.1. The maximum absolute atomic E-state index is 12.0. The molecular formula is C18H24N4O2S. The number of aromatic nitrogens is 3. The maximum atomic E-state index is 12.0. The summed E-state index contributed by atoms with van der Waals surface area (Å²) in [5.74, 6) is 0.618. The molecule has 25 heavy (non-hydrogen) atoms. The lowest BCUT2D eigenvalue weighted by atomic mass is 9.99. The van der Waals surface area contributed by atoms with Gasteiger partial charge >= 0.3 is 5.97 Å². The Balaban J connectivity index is 1.69. The lowest BCUT2D eigenvalue weighted by Crippen LogP contribution is -2.40. The van der Waals surface area contributed by atoms with Crippen molar-refractivity contribution < 1.29 is 9.53 Å². The van der Waals surface area contributed by atoms with Crippen molar-refractivity contribution in [3.8, 4) is 11.4 Å². The molecule has 1 aliphatic heterocycles. The van der Waals surface area contributed by atoms with Gasteiger partial charge in [0.1, 0.15) is 0 Å². The van der Waals surface area contributed by atoms with Gasteiger partial charge < -0.3 is 4.74 Å². The summed E-state index contributed by atoms with van der Waals surface area (Å²) in [6.07, 6.45) is 1.87. The molecule has 1 fully saturated rings. The second-order valence-electron chi connectivity index (χ2n) is 6.46. The number of benzene rings is 1. The molecule has 0 radical (unpaired) electrons. The van der Waals surface area contributed by atoms with E-state index < -0.39 is 0 Å². The van der Waals surface area contributed by atoms with Crippen LogP contribution < -0.4 is 0 Å². The smallest absolute Gasteiger partial charge is 0.310 e. The molecule has 1 aromatic carbocycles. The van der Waals surface area contributed by atoms with Crippen molar-refractivity contribution in [3.63, 3.8) is 0 Å². The first-order valence-corrected chi connectivity index (χ1v) is 9.10. The van der Waals surface area contributed by atoms with Crippen LogP contribution in [0.2, 0.25) is 0 Å². The zero-order valence-corrected chi connectivity index (χ0v) is 15.5. The number of nitrogens with one attached hydrogen (secondary N) is 1. The van der Waals surface area contributed by atoms with Crippen LogP contribution in [-0.2, 0) is 16.2 Å². The van der Waals surface area contributed by atoms with Gasteiger partial charge in [-0.15, -0.1) is 0 Å². The molecule has 0 saturated carbocycles. The molecule has 134 valence electrons. The van der Waals surface area contributed by atoms with Crippen molar-refractivity contribution in [3.05, 3.63) is 34.6 Å². The first kappa shape index (κ1) is 17.8. The molecule has 2 heterocycles. The lowest BCUT2D eigenvalue weighted by Gasteiger charge is -2.31. The van der Waals surface area contributed by atoms with Crippen LogP contribution in [0.15, 0.2) is 24.3 Å². The topological polar surface area (TPSA) is 63.1 Å². The molecule has 0 amide bonds. The summed E-state index contributed by atoms with van der Waals surface area (Å²) in [6.45, 7) is 6.57. The Bertz CT molecular complexity index is 781. The molecule has 1 aromatic heterocycles. The summed E-state index contributed by atoms with van der Waals surface area (Å²) in [4.78, 5) is 18.7. The van der Waals surface area contributed by atoms with E-state index in [1.54, 1.807) is 0 Å². The van der Waals surface area contributed by atoms with Crippen molar-refractivity contribution >= 4 is 18.2 Å². The highest BCUT2D eigenvalue weighted by Gasteiger charge is 2.27. The Morgan fingerprint density at radius 1 is 1.40 bits per heavy atom. The molecule has 3 rings (SSSR count). The number of hydrogen-bond acceptors (Lipinski definition) is 5. The maximum Gasteiger partial charge on any atom is 0.310 e. The molecule has 2 aromatic rings. The van der Waals surface area contributed by atoms with E-state index in [0.717, 1.165) is 30.8 Å². The molecule has 1 unspecified atom stereocenters. The van der Waals surface area contributed by atoms with Crippen LogP contribution in [-0.4, -0.2) is 45.3 Å². The average Bonchev–Trinajstić information content (AvgIpc) is 2.97. The summed E-state index contributed by atoms with van der Waals surface area (Å²) >= 11 is 5.39. The summed E-state index contributed by atoms with van der Waals surface area (Å²) in [6, 6.07) is 8.18. The molecule has 1 aliphatic rings. The van der Waals surface area contributed by atoms with E-state index in [4.69, 9.17) is 17.0 Å². The van der Waals surface area contributed by atoms with E-state index in [1.807, 2.05) is 23.7 Å². The third kappa shape index (κ3) is 4.35. The molecule has 0 spiro atoms. The van der Waals surface area contributed by atoms with Crippen molar-refractivity contribution in [2.24, 2.45) is 5.92 Å². The van der Waals surface area contributed by atoms with E-state index in [-0.39, 0.29) is 11.9 Å². The number of piperidine rings is 1. The second-order valence-corrected chi connectivity index (χ2v) is 6.82. The number of likely N-dealkylation sites (tertiary alicyclic amines) is 1. The van der Waals surface area contributed by atoms with Gasteiger partial charge in [-0.25, -0.2) is 4.68 Å². The van der Waals surface area contributed by atoms with Crippen LogP contribution in [0.3, 0.4) is 0 Å². The molecule has 7 heteroatoms. The number of rotatable bonds is 5. The van der Waals surface area contributed by atoms with E-state index in [1.165, 1.54) is 5.56 Å². The highest BCUT2D eigenvalue weighted by Crippen LogP contribution is 2.20. The van der Waals surface area contributed by atoms with Gasteiger partial charge in [0, 0.05) is 12.1 Å². The quantitative estimate of drug-likeness (QED) is 0.655. The number of H-pyrrole nitrogens is 1. The van der Waals surface area contributed by atoms with Gasteiger partial charge in [0.15, 0.2) is 5.82 Å². The normalized spacial score (nSPS) is 18.2. The van der Waals surface area contributed by atoms with Gasteiger partial charge in [-0.3, -0.25) is 14.8 Å². The van der Waals surface area contributed by atoms with Crippen molar-refractivity contribution in [1.29, 1.82) is 0 Å². The van der Waals surface area contributed by atoms with Crippen LogP contribution in [0.5, 0.6) is 0 Å². The van der Waals surface area contributed by atoms with Gasteiger partial charge in [0.25, 0.3) is 0 Å². The number of hydrogen-bond donors (Lipinski definition) is 1. The van der Waals surface area contributed by atoms with Crippen LogP contribution >= 0.6 is 12.2 Å². The molecular weight excluding hydrogens is 336 g/mol. The first-order chi connectivity index (χ1) is 12.1. The molecule has 0 aliphatic carbocycles. The fraction of sp³-hybridized carbons (Fsp3) is 0.500. The summed E-state index contributed by atoms with van der Waals surface area (Å²) in [5.41, 5.74) is 2.22. The molecule has 6 nitrogen and oxygen atoms in total. The summed E-state index contributed by atoms with van der Waals surface area (Å²) < 4.78 is 7.54. The Morgan fingerprint density at radius 2 is 2.16 bits per heavy atom. The van der Waals surface area contributed by atoms with Crippen LogP contribution in [0.25, 0.3) is 11.4 Å². The standard InChI is InChI=1S/C18H24N4O2S/c1-3-24-17(23)15-5-4-10-21(11-15)12-22-18(25)19-16(20-22)14-8-6-13(2)7-9-14/h6-9,15H,3-5,10-12H2,1-2H3,(H,19,20,25). The number of carbonyl (C=O) groups is 1. The van der Waals surface area contributed by atoms with Crippen LogP contribution in [0.1, 0.15) is 25.3 Å². The number of esters is 1. The van der Waals surface area contributed by atoms with E-state index in [9.17, 15) is 4.79 Å². The van der Waals surface area contributed by atoms with Crippen molar-refractivity contribution in [2.45, 2.75) is 33.4 Å². The minimum Gasteiger partial charge on any atom is -0.466 e. The third-order valence-electron chi connectivity index (χ3n) is 4.47. The number of aryl methyl sites for hydroxylation is 1. The molecule has 1 N–H and O–H groups in total. The lowest BCUT2D eigenvalue weighted by molar-refractivity contribution is -0.150. The van der Waals surface area contributed by atoms with Crippen LogP contribution in [0, 0.1) is 17.6 Å². The summed E-state index contributed by atoms with van der Waals surface area (Å²) in [5, 5.41) is 3.28.